The largest absolute Gasteiger partial charge is 0.756 e. The zero-order valence-electron chi connectivity index (χ0n) is 12.5. The summed E-state index contributed by atoms with van der Waals surface area (Å²) in [5.41, 5.74) is 0. The molecule has 0 spiro atoms. The van der Waals surface area contributed by atoms with Gasteiger partial charge in [0.1, 0.15) is 0 Å². The van der Waals surface area contributed by atoms with Crippen molar-refractivity contribution in [1.82, 2.24) is 0 Å². The number of hydrogen-bond acceptors (Lipinski definition) is 4. The molecule has 0 saturated heterocycles. The van der Waals surface area contributed by atoms with Gasteiger partial charge in [0.15, 0.2) is 0 Å². The summed E-state index contributed by atoms with van der Waals surface area (Å²) < 4.78 is 19.6. The van der Waals surface area contributed by atoms with E-state index in [0.717, 1.165) is 0 Å². The maximum atomic E-state index is 10.7. The van der Waals surface area contributed by atoms with Crippen molar-refractivity contribution in [1.29, 1.82) is 0 Å². The van der Waals surface area contributed by atoms with Crippen LogP contribution in [0, 0.1) is 0 Å². The maximum absolute atomic E-state index is 10.7. The Kier molecular flexibility index (Phi) is 15.3. The predicted octanol–water partition coefficient (Wildman–Crippen LogP) is 1.24. The van der Waals surface area contributed by atoms with Crippen molar-refractivity contribution in [3.05, 3.63) is 0 Å². The Bertz CT molecular complexity index is 193. The Balaban J connectivity index is 0. The molecule has 18 heavy (non-hydrogen) atoms. The highest BCUT2D eigenvalue weighted by Gasteiger charge is 2.06. The van der Waals surface area contributed by atoms with Crippen LogP contribution in [0.15, 0.2) is 0 Å². The average Bonchev–Trinajstić information content (AvgIpc) is 2.37. The van der Waals surface area contributed by atoms with Crippen LogP contribution >= 0.6 is 7.82 Å². The number of hydrogen-bond donors (Lipinski definition) is 1. The summed E-state index contributed by atoms with van der Waals surface area (Å²) in [6, 6.07) is 0. The first-order chi connectivity index (χ1) is 8.47. The van der Waals surface area contributed by atoms with Crippen molar-refractivity contribution in [2.24, 2.45) is 0 Å². The summed E-state index contributed by atoms with van der Waals surface area (Å²) >= 11 is 0. The fourth-order valence-corrected chi connectivity index (χ4v) is 2.08. The van der Waals surface area contributed by atoms with Gasteiger partial charge < -0.3 is 18.8 Å². The molecule has 0 heterocycles. The van der Waals surface area contributed by atoms with Gasteiger partial charge in [-0.25, -0.2) is 0 Å². The molecule has 1 N–H and O–H groups in total. The minimum Gasteiger partial charge on any atom is -0.756 e. The molecule has 0 rings (SSSR count). The normalized spacial score (nSPS) is 11.3. The van der Waals surface area contributed by atoms with Gasteiger partial charge in [-0.05, 0) is 33.6 Å². The summed E-state index contributed by atoms with van der Waals surface area (Å²) in [6.45, 7) is 14.6. The minimum atomic E-state index is -3.98. The van der Waals surface area contributed by atoms with Gasteiger partial charge in [-0.3, -0.25) is 4.57 Å². The van der Waals surface area contributed by atoms with Crippen LogP contribution in [0.2, 0.25) is 0 Å². The second-order valence-corrected chi connectivity index (χ2v) is 5.34. The third-order valence-electron chi connectivity index (χ3n) is 2.41. The van der Waals surface area contributed by atoms with Gasteiger partial charge in [0.25, 0.3) is 7.82 Å². The summed E-state index contributed by atoms with van der Waals surface area (Å²) in [5.74, 6) is 0. The lowest BCUT2D eigenvalue weighted by Gasteiger charge is -2.21. The third-order valence-corrected chi connectivity index (χ3v) is 3.40. The SMILES string of the molecule is CCCOP(=O)([O-])OCCC.CC[NH+](CC)CC. The van der Waals surface area contributed by atoms with E-state index in [1.807, 2.05) is 13.8 Å². The Hall–Kier alpha value is 0.0700. The molecule has 0 aromatic carbocycles. The fourth-order valence-electron chi connectivity index (χ4n) is 1.19. The van der Waals surface area contributed by atoms with Gasteiger partial charge in [-0.15, -0.1) is 0 Å². The van der Waals surface area contributed by atoms with Crippen LogP contribution in [-0.2, 0) is 13.6 Å². The molecule has 0 atom stereocenters. The molecule has 0 radical (unpaired) electrons. The fraction of sp³-hybridized carbons (Fsp3) is 1.00. The molecule has 0 aliphatic rings. The molecular weight excluding hydrogens is 253 g/mol. The van der Waals surface area contributed by atoms with Crippen LogP contribution in [0.25, 0.3) is 0 Å². The molecule has 5 nitrogen and oxygen atoms in total. The van der Waals surface area contributed by atoms with Crippen LogP contribution in [0.5, 0.6) is 0 Å². The van der Waals surface area contributed by atoms with Crippen LogP contribution in [-0.4, -0.2) is 32.8 Å². The van der Waals surface area contributed by atoms with Crippen molar-refractivity contribution in [3.63, 3.8) is 0 Å². The quantitative estimate of drug-likeness (QED) is 0.647. The molecule has 0 bridgehead atoms. The standard InChI is InChI=1S/C6H15N.C6H15O4P/c1-4-7(5-2)6-3;1-3-5-9-11(7,8)10-6-4-2/h4-6H2,1-3H3;3-6H2,1-2H3,(H,7,8). The van der Waals surface area contributed by atoms with Crippen LogP contribution < -0.4 is 9.79 Å². The summed E-state index contributed by atoms with van der Waals surface area (Å²) in [6.07, 6.45) is 1.34. The van der Waals surface area contributed by atoms with Crippen LogP contribution in [0.4, 0.5) is 0 Å². The summed E-state index contributed by atoms with van der Waals surface area (Å²) in [4.78, 5) is 12.4. The number of phosphoric acid groups is 1. The second-order valence-electron chi connectivity index (χ2n) is 3.92. The first-order valence-electron chi connectivity index (χ1n) is 6.90. The lowest BCUT2D eigenvalue weighted by Crippen LogP contribution is -3.11. The topological polar surface area (TPSA) is 63.0 Å². The first-order valence-corrected chi connectivity index (χ1v) is 8.36. The Morgan fingerprint density at radius 2 is 1.22 bits per heavy atom. The number of rotatable bonds is 9. The molecule has 0 aromatic heterocycles. The van der Waals surface area contributed by atoms with Gasteiger partial charge in [0.2, 0.25) is 0 Å². The van der Waals surface area contributed by atoms with Crippen molar-refractivity contribution in [3.8, 4) is 0 Å². The number of phosphoric ester groups is 1. The molecule has 0 aromatic rings. The van der Waals surface area contributed by atoms with E-state index in [1.165, 1.54) is 19.6 Å². The molecule has 0 amide bonds. The molecule has 0 saturated carbocycles. The summed E-state index contributed by atoms with van der Waals surface area (Å²) in [5, 5.41) is 0. The zero-order chi connectivity index (χ0) is 14.4. The van der Waals surface area contributed by atoms with E-state index < -0.39 is 7.82 Å². The Morgan fingerprint density at radius 1 is 0.889 bits per heavy atom. The van der Waals surface area contributed by atoms with Crippen LogP contribution in [0.3, 0.4) is 0 Å². The highest BCUT2D eigenvalue weighted by molar-refractivity contribution is 7.45. The monoisotopic (exact) mass is 283 g/mol. The molecule has 0 aliphatic heterocycles. The maximum Gasteiger partial charge on any atom is 0.267 e. The lowest BCUT2D eigenvalue weighted by atomic mass is 10.5. The van der Waals surface area contributed by atoms with E-state index in [0.29, 0.717) is 12.8 Å². The molecular formula is C12H30NO4P. The average molecular weight is 283 g/mol. The minimum absolute atomic E-state index is 0.199. The van der Waals surface area contributed by atoms with E-state index in [4.69, 9.17) is 0 Å². The van der Waals surface area contributed by atoms with Gasteiger partial charge in [0, 0.05) is 0 Å². The van der Waals surface area contributed by atoms with E-state index in [-0.39, 0.29) is 13.2 Å². The number of quaternary nitrogens is 1. The third kappa shape index (κ3) is 14.1. The van der Waals surface area contributed by atoms with E-state index in [1.54, 1.807) is 4.90 Å². The molecule has 6 heteroatoms. The van der Waals surface area contributed by atoms with Gasteiger partial charge in [0.05, 0.1) is 32.8 Å². The van der Waals surface area contributed by atoms with Crippen molar-refractivity contribution < 1.29 is 23.4 Å². The van der Waals surface area contributed by atoms with E-state index in [9.17, 15) is 9.46 Å². The highest BCUT2D eigenvalue weighted by atomic mass is 31.2. The predicted molar refractivity (Wildman–Crippen MR) is 72.7 cm³/mol. The molecule has 0 unspecified atom stereocenters. The van der Waals surface area contributed by atoms with E-state index in [2.05, 4.69) is 29.8 Å². The lowest BCUT2D eigenvalue weighted by molar-refractivity contribution is -0.894. The Morgan fingerprint density at radius 3 is 1.39 bits per heavy atom. The Labute approximate surface area is 112 Å². The smallest absolute Gasteiger partial charge is 0.267 e. The second kappa shape index (κ2) is 13.5. The summed E-state index contributed by atoms with van der Waals surface area (Å²) in [7, 11) is -3.98. The molecule has 0 aliphatic carbocycles. The van der Waals surface area contributed by atoms with Crippen molar-refractivity contribution in [2.45, 2.75) is 47.5 Å². The highest BCUT2D eigenvalue weighted by Crippen LogP contribution is 2.38. The molecule has 0 fully saturated rings. The number of nitrogens with one attached hydrogen (secondary N) is 1. The first kappa shape index (κ1) is 20.4. The van der Waals surface area contributed by atoms with Crippen molar-refractivity contribution >= 4 is 7.82 Å². The van der Waals surface area contributed by atoms with Crippen molar-refractivity contribution in [2.75, 3.05) is 32.8 Å². The van der Waals surface area contributed by atoms with E-state index >= 15 is 0 Å². The van der Waals surface area contributed by atoms with Gasteiger partial charge in [-0.1, -0.05) is 13.8 Å². The van der Waals surface area contributed by atoms with Crippen LogP contribution in [0.1, 0.15) is 47.5 Å². The molecule has 112 valence electrons. The van der Waals surface area contributed by atoms with Gasteiger partial charge >= 0.3 is 0 Å². The van der Waals surface area contributed by atoms with Gasteiger partial charge in [-0.2, -0.15) is 0 Å². The zero-order valence-corrected chi connectivity index (χ0v) is 13.4.